The molecule has 2 N–H and O–H groups in total. The van der Waals surface area contributed by atoms with E-state index in [1.807, 2.05) is 24.3 Å². The van der Waals surface area contributed by atoms with E-state index in [2.05, 4.69) is 27.4 Å². The van der Waals surface area contributed by atoms with Crippen LogP contribution in [0, 0.1) is 5.41 Å². The zero-order valence-electron chi connectivity index (χ0n) is 26.5. The molecule has 0 saturated carbocycles. The fraction of sp³-hybridized carbons (Fsp3) is 0.500. The summed E-state index contributed by atoms with van der Waals surface area (Å²) in [4.78, 5) is 28.6. The highest BCUT2D eigenvalue weighted by Crippen LogP contribution is 2.41. The molecule has 46 heavy (non-hydrogen) atoms. The highest BCUT2D eigenvalue weighted by atomic mass is 19.1. The van der Waals surface area contributed by atoms with Crippen LogP contribution in [0.2, 0.25) is 0 Å². The summed E-state index contributed by atoms with van der Waals surface area (Å²) in [5.41, 5.74) is 3.78. The molecule has 0 radical (unpaired) electrons. The van der Waals surface area contributed by atoms with Crippen LogP contribution in [0.1, 0.15) is 76.0 Å². The molecule has 0 aromatic carbocycles. The first-order chi connectivity index (χ1) is 22.3. The van der Waals surface area contributed by atoms with E-state index in [1.165, 1.54) is 31.8 Å². The lowest BCUT2D eigenvalue weighted by Crippen LogP contribution is -2.39. The zero-order valence-corrected chi connectivity index (χ0v) is 26.5. The third-order valence-corrected chi connectivity index (χ3v) is 10.4. The Morgan fingerprint density at radius 2 is 1.96 bits per heavy atom. The molecule has 1 atom stereocenters. The van der Waals surface area contributed by atoms with E-state index in [-0.39, 0.29) is 47.4 Å². The molecule has 10 heteroatoms. The lowest BCUT2D eigenvalue weighted by Gasteiger charge is -2.31. The summed E-state index contributed by atoms with van der Waals surface area (Å²) < 4.78 is 37.1. The van der Waals surface area contributed by atoms with Crippen LogP contribution in [0.4, 0.5) is 14.6 Å². The third-order valence-electron chi connectivity index (χ3n) is 10.4. The maximum Gasteiger partial charge on any atom is 0.318 e. The second-order valence-corrected chi connectivity index (χ2v) is 13.8. The molecule has 242 valence electrons. The van der Waals surface area contributed by atoms with Crippen molar-refractivity contribution in [2.75, 3.05) is 38.1 Å². The van der Waals surface area contributed by atoms with Gasteiger partial charge in [-0.15, -0.1) is 0 Å². The topological polar surface area (TPSA) is 91.7 Å². The number of allylic oxidation sites excluding steroid dienone is 11. The van der Waals surface area contributed by atoms with E-state index in [0.717, 1.165) is 30.7 Å². The van der Waals surface area contributed by atoms with Gasteiger partial charge >= 0.3 is 6.01 Å². The largest absolute Gasteiger partial charge is 0.463 e. The van der Waals surface area contributed by atoms with Crippen LogP contribution >= 0.6 is 0 Å². The quantitative estimate of drug-likeness (QED) is 0.331. The lowest BCUT2D eigenvalue weighted by atomic mass is 9.89. The average molecular weight is 629 g/mol. The Bertz CT molecular complexity index is 1630. The molecular weight excluding hydrogens is 586 g/mol. The first-order valence-corrected chi connectivity index (χ1v) is 16.6. The van der Waals surface area contributed by atoms with Crippen LogP contribution < -0.4 is 15.4 Å². The number of halogens is 2. The van der Waals surface area contributed by atoms with Crippen molar-refractivity contribution in [2.45, 2.75) is 76.7 Å². The molecule has 0 bridgehead atoms. The maximum absolute atomic E-state index is 16.0. The van der Waals surface area contributed by atoms with Gasteiger partial charge in [0.05, 0.1) is 23.6 Å². The van der Waals surface area contributed by atoms with Crippen LogP contribution in [0.5, 0.6) is 6.01 Å². The number of rotatable bonds is 9. The molecule has 8 nitrogen and oxygen atoms in total. The first kappa shape index (κ1) is 30.7. The summed E-state index contributed by atoms with van der Waals surface area (Å²) in [6.45, 7) is 5.91. The number of aliphatic imine (C=N–C) groups is 1. The normalized spacial score (nSPS) is 25.3. The summed E-state index contributed by atoms with van der Waals surface area (Å²) in [6, 6.07) is 0.218. The van der Waals surface area contributed by atoms with E-state index in [0.29, 0.717) is 67.3 Å². The molecule has 1 unspecified atom stereocenters. The van der Waals surface area contributed by atoms with Crippen LogP contribution in [-0.2, 0) is 11.2 Å². The van der Waals surface area contributed by atoms with E-state index in [1.54, 1.807) is 12.3 Å². The van der Waals surface area contributed by atoms with Crippen molar-refractivity contribution >= 4 is 17.9 Å². The van der Waals surface area contributed by atoms with Crippen molar-refractivity contribution in [3.63, 3.8) is 0 Å². The SMILES string of the molecule is CC1(CNc2nc(OCCC34CCCN3CCC4)nc3c2C=NC(CC2=CC=CC4=C(C2)C(F)=CC=CC4)=C(F)C3)CNC(=O)C1. The molecule has 7 rings (SSSR count). The summed E-state index contributed by atoms with van der Waals surface area (Å²) in [7, 11) is 0. The number of hydrogen-bond acceptors (Lipinski definition) is 7. The lowest BCUT2D eigenvalue weighted by molar-refractivity contribution is -0.119. The molecule has 3 saturated heterocycles. The molecule has 1 aromatic heterocycles. The second-order valence-electron chi connectivity index (χ2n) is 13.8. The smallest absolute Gasteiger partial charge is 0.318 e. The number of anilines is 1. The van der Waals surface area contributed by atoms with Gasteiger partial charge in [-0.25, -0.2) is 8.78 Å². The molecular formula is C36H42F2N6O2. The average Bonchev–Trinajstić information content (AvgIpc) is 3.58. The number of nitrogens with zero attached hydrogens (tertiary/aromatic N) is 4. The van der Waals surface area contributed by atoms with Crippen LogP contribution in [0.15, 0.2) is 75.5 Å². The van der Waals surface area contributed by atoms with E-state index in [9.17, 15) is 9.18 Å². The fourth-order valence-electron chi connectivity index (χ4n) is 7.79. The summed E-state index contributed by atoms with van der Waals surface area (Å²) >= 11 is 0. The minimum absolute atomic E-state index is 0.0283. The Balaban J connectivity index is 1.12. The highest BCUT2D eigenvalue weighted by Gasteiger charge is 2.43. The molecule has 3 fully saturated rings. The number of amides is 1. The Labute approximate surface area is 269 Å². The molecule has 5 heterocycles. The van der Waals surface area contributed by atoms with E-state index in [4.69, 9.17) is 14.7 Å². The molecule has 4 aliphatic heterocycles. The number of carbonyl (C=O) groups excluding carboxylic acids is 1. The number of carbonyl (C=O) groups is 1. The summed E-state index contributed by atoms with van der Waals surface area (Å²) in [5.74, 6) is -0.0893. The van der Waals surface area contributed by atoms with Crippen molar-refractivity contribution in [1.29, 1.82) is 0 Å². The second kappa shape index (κ2) is 12.7. The van der Waals surface area contributed by atoms with Crippen molar-refractivity contribution in [3.8, 4) is 6.01 Å². The fourth-order valence-corrected chi connectivity index (χ4v) is 7.79. The van der Waals surface area contributed by atoms with Gasteiger partial charge < -0.3 is 15.4 Å². The Kier molecular flexibility index (Phi) is 8.48. The van der Waals surface area contributed by atoms with Crippen molar-refractivity contribution in [1.82, 2.24) is 20.2 Å². The molecule has 1 amide bonds. The van der Waals surface area contributed by atoms with Gasteiger partial charge in [-0.05, 0) is 75.3 Å². The van der Waals surface area contributed by atoms with Gasteiger partial charge in [-0.1, -0.05) is 42.9 Å². The molecule has 6 aliphatic rings. The van der Waals surface area contributed by atoms with Crippen molar-refractivity contribution in [2.24, 2.45) is 10.4 Å². The predicted molar refractivity (Wildman–Crippen MR) is 175 cm³/mol. The highest BCUT2D eigenvalue weighted by molar-refractivity contribution is 5.89. The van der Waals surface area contributed by atoms with Crippen LogP contribution in [0.25, 0.3) is 0 Å². The number of fused-ring (bicyclic) bond motifs is 2. The Morgan fingerprint density at radius 3 is 2.76 bits per heavy atom. The number of ether oxygens (including phenoxy) is 1. The van der Waals surface area contributed by atoms with Crippen LogP contribution in [-0.4, -0.2) is 65.3 Å². The third kappa shape index (κ3) is 6.36. The standard InChI is InChI=1S/C36H42F2N6O2/c1-35(20-32(45)40-22-35)23-41-33-27-21-39-31(18-24-7-4-9-25-8-2-3-10-28(37)26(25)17-24)29(38)19-30(27)42-34(43-33)46-16-13-36-11-5-14-44(36)15-6-12-36/h2-4,7,9-10,21H,5-6,8,11-20,22-23H2,1H3,(H,40,45)(H,41,42,43). The van der Waals surface area contributed by atoms with Gasteiger partial charge in [0.2, 0.25) is 5.91 Å². The van der Waals surface area contributed by atoms with E-state index < -0.39 is 0 Å². The molecule has 0 spiro atoms. The van der Waals surface area contributed by atoms with Gasteiger partial charge in [-0.2, -0.15) is 9.97 Å². The Morgan fingerprint density at radius 1 is 1.11 bits per heavy atom. The molecule has 2 aliphatic carbocycles. The summed E-state index contributed by atoms with van der Waals surface area (Å²) in [5, 5.41) is 6.34. The van der Waals surface area contributed by atoms with Gasteiger partial charge in [0, 0.05) is 49.5 Å². The maximum atomic E-state index is 16.0. The summed E-state index contributed by atoms with van der Waals surface area (Å²) in [6.07, 6.45) is 20.0. The van der Waals surface area contributed by atoms with Gasteiger partial charge in [0.1, 0.15) is 17.5 Å². The van der Waals surface area contributed by atoms with Gasteiger partial charge in [0.15, 0.2) is 0 Å². The number of aromatic nitrogens is 2. The van der Waals surface area contributed by atoms with Gasteiger partial charge in [0.25, 0.3) is 0 Å². The van der Waals surface area contributed by atoms with Crippen molar-refractivity contribution in [3.05, 3.63) is 81.8 Å². The first-order valence-electron chi connectivity index (χ1n) is 16.6. The zero-order chi connectivity index (χ0) is 31.7. The Hall–Kier alpha value is -3.92. The number of hydrogen-bond donors (Lipinski definition) is 2. The minimum Gasteiger partial charge on any atom is -0.463 e. The predicted octanol–water partition coefficient (Wildman–Crippen LogP) is 6.35. The van der Waals surface area contributed by atoms with Gasteiger partial charge in [-0.3, -0.25) is 14.7 Å². The minimum atomic E-state index is -0.378. The van der Waals surface area contributed by atoms with Crippen LogP contribution in [0.3, 0.4) is 0 Å². The number of nitrogens with one attached hydrogen (secondary N) is 2. The molecule has 1 aromatic rings. The monoisotopic (exact) mass is 628 g/mol. The van der Waals surface area contributed by atoms with E-state index >= 15 is 4.39 Å². The van der Waals surface area contributed by atoms with Crippen molar-refractivity contribution < 1.29 is 18.3 Å².